The van der Waals surface area contributed by atoms with Crippen molar-refractivity contribution in [1.29, 1.82) is 0 Å². The zero-order valence-corrected chi connectivity index (χ0v) is 27.6. The van der Waals surface area contributed by atoms with Crippen molar-refractivity contribution in [2.24, 2.45) is 0 Å². The zero-order chi connectivity index (χ0) is 33.0. The molecule has 10 rings (SSSR count). The summed E-state index contributed by atoms with van der Waals surface area (Å²) in [5, 5.41) is 5.11. The largest absolute Gasteiger partial charge is 0.333 e. The topological polar surface area (TPSA) is 9.86 Å². The maximum absolute atomic E-state index is 2.51. The molecule has 50 heavy (non-hydrogen) atoms. The monoisotopic (exact) mass is 638 g/mol. The number of para-hydroxylation sites is 2. The van der Waals surface area contributed by atoms with Crippen molar-refractivity contribution >= 4 is 43.6 Å². The molecule has 0 saturated carbocycles. The fourth-order valence-electron chi connectivity index (χ4n) is 8.06. The number of nitrogens with zero attached hydrogens (tertiary/aromatic N) is 2. The first-order valence-electron chi connectivity index (χ1n) is 17.5. The van der Waals surface area contributed by atoms with Crippen molar-refractivity contribution in [1.82, 2.24) is 9.13 Å². The third kappa shape index (κ3) is 4.64. The molecule has 0 saturated heterocycles. The summed E-state index contributed by atoms with van der Waals surface area (Å²) < 4.78 is 4.97. The van der Waals surface area contributed by atoms with Gasteiger partial charge in [0, 0.05) is 38.3 Å². The second kappa shape index (κ2) is 11.6. The highest BCUT2D eigenvalue weighted by Gasteiger charge is 2.19. The smallest absolute Gasteiger partial charge is 0.0560 e. The summed E-state index contributed by atoms with van der Waals surface area (Å²) in [5.41, 5.74) is 13.4. The average molecular weight is 639 g/mol. The molecule has 0 amide bonds. The number of aromatic nitrogens is 2. The van der Waals surface area contributed by atoms with Crippen molar-refractivity contribution in [3.05, 3.63) is 188 Å². The lowest BCUT2D eigenvalue weighted by Gasteiger charge is -2.18. The van der Waals surface area contributed by atoms with Crippen molar-refractivity contribution in [2.45, 2.75) is 12.5 Å². The van der Waals surface area contributed by atoms with E-state index in [9.17, 15) is 0 Å². The molecular formula is C48H34N2. The van der Waals surface area contributed by atoms with Gasteiger partial charge in [-0.25, -0.2) is 0 Å². The molecule has 7 aromatic carbocycles. The van der Waals surface area contributed by atoms with E-state index in [-0.39, 0.29) is 0 Å². The summed E-state index contributed by atoms with van der Waals surface area (Å²) in [6, 6.07) is 60.4. The van der Waals surface area contributed by atoms with Crippen LogP contribution >= 0.6 is 0 Å². The third-order valence-electron chi connectivity index (χ3n) is 10.4. The number of allylic oxidation sites excluding steroid dienone is 4. The highest BCUT2D eigenvalue weighted by molar-refractivity contribution is 6.12. The van der Waals surface area contributed by atoms with Crippen molar-refractivity contribution in [3.63, 3.8) is 0 Å². The third-order valence-corrected chi connectivity index (χ3v) is 10.4. The van der Waals surface area contributed by atoms with Crippen LogP contribution in [0.1, 0.15) is 12.5 Å². The Kier molecular flexibility index (Phi) is 6.67. The minimum atomic E-state index is 0.313. The first kappa shape index (κ1) is 28.6. The average Bonchev–Trinajstić information content (AvgIpc) is 3.71. The van der Waals surface area contributed by atoms with Gasteiger partial charge in [-0.1, -0.05) is 140 Å². The van der Waals surface area contributed by atoms with Gasteiger partial charge in [0.25, 0.3) is 0 Å². The molecule has 2 nitrogen and oxygen atoms in total. The summed E-state index contributed by atoms with van der Waals surface area (Å²) >= 11 is 0. The summed E-state index contributed by atoms with van der Waals surface area (Å²) in [6.45, 7) is 0. The summed E-state index contributed by atoms with van der Waals surface area (Å²) in [4.78, 5) is 0. The van der Waals surface area contributed by atoms with E-state index >= 15 is 0 Å². The molecule has 0 radical (unpaired) electrons. The minimum absolute atomic E-state index is 0.313. The lowest BCUT2D eigenvalue weighted by molar-refractivity contribution is 0.648. The Balaban J connectivity index is 1.19. The summed E-state index contributed by atoms with van der Waals surface area (Å²) in [7, 11) is 0. The molecule has 2 aromatic heterocycles. The number of hydrogen-bond donors (Lipinski definition) is 0. The maximum Gasteiger partial charge on any atom is 0.0560 e. The Bertz CT molecular complexity index is 2720. The van der Waals surface area contributed by atoms with Gasteiger partial charge in [0.1, 0.15) is 0 Å². The molecule has 0 fully saturated rings. The van der Waals surface area contributed by atoms with E-state index in [1.807, 2.05) is 0 Å². The molecule has 236 valence electrons. The van der Waals surface area contributed by atoms with Crippen molar-refractivity contribution in [3.8, 4) is 39.1 Å². The molecular weight excluding hydrogens is 605 g/mol. The van der Waals surface area contributed by atoms with Gasteiger partial charge in [-0.15, -0.1) is 0 Å². The molecule has 2 heterocycles. The predicted molar refractivity (Wildman–Crippen MR) is 212 cm³/mol. The SMILES string of the molecule is C1=CCC(n2c3ccccc3c3cc(-c4ccc5c6ccccc6n(-c6cc(-c7ccccc7)cc(-c7ccccc7)c6)c5c4)ccc32)C=C1. The molecule has 9 aromatic rings. The fourth-order valence-corrected chi connectivity index (χ4v) is 8.06. The van der Waals surface area contributed by atoms with Crippen LogP contribution in [0.3, 0.4) is 0 Å². The van der Waals surface area contributed by atoms with Crippen LogP contribution in [0.2, 0.25) is 0 Å². The van der Waals surface area contributed by atoms with E-state index in [4.69, 9.17) is 0 Å². The van der Waals surface area contributed by atoms with Crippen LogP contribution in [0, 0.1) is 0 Å². The van der Waals surface area contributed by atoms with Crippen molar-refractivity contribution in [2.75, 3.05) is 0 Å². The maximum atomic E-state index is 2.51. The van der Waals surface area contributed by atoms with E-state index < -0.39 is 0 Å². The van der Waals surface area contributed by atoms with E-state index in [0.29, 0.717) is 6.04 Å². The fraction of sp³-hybridized carbons (Fsp3) is 0.0417. The number of hydrogen-bond acceptors (Lipinski definition) is 0. The van der Waals surface area contributed by atoms with Crippen LogP contribution in [0.4, 0.5) is 0 Å². The van der Waals surface area contributed by atoms with Crippen LogP contribution in [-0.4, -0.2) is 9.13 Å². The van der Waals surface area contributed by atoms with Gasteiger partial charge in [-0.2, -0.15) is 0 Å². The Morgan fingerprint density at radius 1 is 0.380 bits per heavy atom. The summed E-state index contributed by atoms with van der Waals surface area (Å²) in [5.74, 6) is 0. The lowest BCUT2D eigenvalue weighted by Crippen LogP contribution is -2.06. The number of fused-ring (bicyclic) bond motifs is 6. The quantitative estimate of drug-likeness (QED) is 0.178. The van der Waals surface area contributed by atoms with Crippen molar-refractivity contribution < 1.29 is 0 Å². The molecule has 0 spiro atoms. The molecule has 1 aliphatic rings. The highest BCUT2D eigenvalue weighted by atomic mass is 15.0. The normalized spacial score (nSPS) is 14.4. The minimum Gasteiger partial charge on any atom is -0.333 e. The highest BCUT2D eigenvalue weighted by Crippen LogP contribution is 2.40. The Morgan fingerprint density at radius 2 is 0.960 bits per heavy atom. The number of benzene rings is 7. The van der Waals surface area contributed by atoms with Crippen LogP contribution < -0.4 is 0 Å². The molecule has 0 bridgehead atoms. The molecule has 2 heteroatoms. The van der Waals surface area contributed by atoms with E-state index in [1.54, 1.807) is 0 Å². The van der Waals surface area contributed by atoms with Gasteiger partial charge in [-0.3, -0.25) is 0 Å². The molecule has 0 aliphatic heterocycles. The van der Waals surface area contributed by atoms with Gasteiger partial charge >= 0.3 is 0 Å². The van der Waals surface area contributed by atoms with E-state index in [0.717, 1.165) is 12.1 Å². The first-order valence-corrected chi connectivity index (χ1v) is 17.5. The predicted octanol–water partition coefficient (Wildman–Crippen LogP) is 12.9. The zero-order valence-electron chi connectivity index (χ0n) is 27.6. The van der Waals surface area contributed by atoms with Crippen LogP contribution in [0.25, 0.3) is 82.7 Å². The lowest BCUT2D eigenvalue weighted by atomic mass is 9.98. The van der Waals surface area contributed by atoms with Crippen LogP contribution in [0.15, 0.2) is 188 Å². The van der Waals surface area contributed by atoms with E-state index in [1.165, 1.54) is 77.0 Å². The van der Waals surface area contributed by atoms with Gasteiger partial charge < -0.3 is 9.13 Å². The van der Waals surface area contributed by atoms with Crippen LogP contribution in [0.5, 0.6) is 0 Å². The van der Waals surface area contributed by atoms with Gasteiger partial charge in [0.05, 0.1) is 17.1 Å². The first-order chi connectivity index (χ1) is 24.8. The van der Waals surface area contributed by atoms with E-state index in [2.05, 4.69) is 197 Å². The second-order valence-electron chi connectivity index (χ2n) is 13.3. The van der Waals surface area contributed by atoms with Gasteiger partial charge in [0.15, 0.2) is 0 Å². The standard InChI is InChI=1S/C48H34N2/c1-4-14-33(15-5-1)37-28-38(34-16-6-2-7-17-34)30-40(29-37)50-45-22-12-10-20-41(45)43-26-24-36(32-48(43)50)35-25-27-47-44(31-35)42-21-11-13-23-46(42)49(47)39-18-8-3-9-19-39/h1-18,20-32,39H,19H2. The Hall–Kier alpha value is -6.38. The summed E-state index contributed by atoms with van der Waals surface area (Å²) in [6.07, 6.45) is 9.92. The number of rotatable bonds is 5. The van der Waals surface area contributed by atoms with Crippen LogP contribution in [-0.2, 0) is 0 Å². The second-order valence-corrected chi connectivity index (χ2v) is 13.3. The molecule has 0 N–H and O–H groups in total. The molecule has 1 aliphatic carbocycles. The Labute approximate surface area is 291 Å². The molecule has 1 atom stereocenters. The molecule has 1 unspecified atom stereocenters. The Morgan fingerprint density at radius 3 is 1.66 bits per heavy atom. The van der Waals surface area contributed by atoms with Gasteiger partial charge in [-0.05, 0) is 88.3 Å². The van der Waals surface area contributed by atoms with Gasteiger partial charge in [0.2, 0.25) is 0 Å².